The number of rotatable bonds is 2. The molecule has 1 aliphatic heterocycles. The molecule has 2 N–H and O–H groups in total. The van der Waals surface area contributed by atoms with Crippen LogP contribution >= 0.6 is 0 Å². The first-order valence-corrected chi connectivity index (χ1v) is 5.71. The molecular formula is C11H13N5O2. The summed E-state index contributed by atoms with van der Waals surface area (Å²) in [6.45, 7) is 2.89. The molecule has 0 radical (unpaired) electrons. The van der Waals surface area contributed by atoms with Crippen molar-refractivity contribution >= 4 is 11.8 Å². The summed E-state index contributed by atoms with van der Waals surface area (Å²) in [5, 5.41) is 8.04. The van der Waals surface area contributed by atoms with Gasteiger partial charge in [0.15, 0.2) is 0 Å². The van der Waals surface area contributed by atoms with E-state index in [-0.39, 0.29) is 0 Å². The van der Waals surface area contributed by atoms with Gasteiger partial charge in [0.05, 0.1) is 18.8 Å². The van der Waals surface area contributed by atoms with Crippen LogP contribution in [0, 0.1) is 0 Å². The van der Waals surface area contributed by atoms with E-state index in [1.165, 1.54) is 0 Å². The molecule has 3 heterocycles. The van der Waals surface area contributed by atoms with Gasteiger partial charge in [0.1, 0.15) is 5.82 Å². The second-order valence-corrected chi connectivity index (χ2v) is 3.96. The zero-order valence-corrected chi connectivity index (χ0v) is 9.74. The lowest BCUT2D eigenvalue weighted by atomic mass is 10.3. The number of nitrogens with two attached hydrogens (primary N) is 1. The molecule has 0 aliphatic carbocycles. The topological polar surface area (TPSA) is 90.3 Å². The number of pyridine rings is 1. The molecule has 3 rings (SSSR count). The minimum absolute atomic E-state index is 0.448. The first-order chi connectivity index (χ1) is 8.83. The highest BCUT2D eigenvalue weighted by atomic mass is 16.5. The molecule has 1 fully saturated rings. The van der Waals surface area contributed by atoms with E-state index < -0.39 is 0 Å². The predicted molar refractivity (Wildman–Crippen MR) is 65.0 cm³/mol. The molecule has 1 saturated heterocycles. The van der Waals surface area contributed by atoms with Gasteiger partial charge in [0, 0.05) is 19.3 Å². The maximum Gasteiger partial charge on any atom is 0.318 e. The predicted octanol–water partition coefficient (Wildman–Crippen LogP) is 0.550. The summed E-state index contributed by atoms with van der Waals surface area (Å²) in [6.07, 6.45) is 1.62. The summed E-state index contributed by atoms with van der Waals surface area (Å²) in [5.74, 6) is 0.913. The molecule has 0 saturated carbocycles. The largest absolute Gasteiger partial charge is 0.403 e. The molecular weight excluding hydrogens is 234 g/mol. The van der Waals surface area contributed by atoms with Gasteiger partial charge >= 0.3 is 6.01 Å². The monoisotopic (exact) mass is 247 g/mol. The van der Waals surface area contributed by atoms with Crippen LogP contribution in [0.4, 0.5) is 11.8 Å². The molecule has 2 aromatic rings. The average Bonchev–Trinajstić information content (AvgIpc) is 2.90. The highest BCUT2D eigenvalue weighted by Gasteiger charge is 2.17. The van der Waals surface area contributed by atoms with Crippen LogP contribution in [0.1, 0.15) is 0 Å². The molecule has 0 amide bonds. The summed E-state index contributed by atoms with van der Waals surface area (Å²) in [7, 11) is 0. The van der Waals surface area contributed by atoms with Gasteiger partial charge in [-0.05, 0) is 12.1 Å². The number of nitrogen functional groups attached to an aromatic ring is 1. The summed E-state index contributed by atoms with van der Waals surface area (Å²) in [5.41, 5.74) is 6.29. The Balaban J connectivity index is 1.82. The fourth-order valence-corrected chi connectivity index (χ4v) is 1.75. The van der Waals surface area contributed by atoms with Gasteiger partial charge in [-0.3, -0.25) is 0 Å². The third-order valence-electron chi connectivity index (χ3n) is 2.73. The number of morpholine rings is 1. The molecule has 18 heavy (non-hydrogen) atoms. The van der Waals surface area contributed by atoms with E-state index in [4.69, 9.17) is 14.9 Å². The van der Waals surface area contributed by atoms with E-state index in [0.717, 1.165) is 18.7 Å². The normalized spacial score (nSPS) is 15.9. The smallest absolute Gasteiger partial charge is 0.318 e. The van der Waals surface area contributed by atoms with Crippen LogP contribution < -0.4 is 10.6 Å². The van der Waals surface area contributed by atoms with E-state index >= 15 is 0 Å². The fourth-order valence-electron chi connectivity index (χ4n) is 1.75. The first-order valence-electron chi connectivity index (χ1n) is 5.71. The first kappa shape index (κ1) is 11.0. The number of nitrogens with zero attached hydrogens (tertiary/aromatic N) is 4. The zero-order chi connectivity index (χ0) is 12.4. The second kappa shape index (κ2) is 4.61. The molecule has 0 aromatic carbocycles. The number of ether oxygens (including phenoxy) is 1. The third kappa shape index (κ3) is 2.12. The Morgan fingerprint density at radius 1 is 1.17 bits per heavy atom. The van der Waals surface area contributed by atoms with Crippen molar-refractivity contribution in [2.45, 2.75) is 0 Å². The maximum absolute atomic E-state index is 5.62. The second-order valence-electron chi connectivity index (χ2n) is 3.96. The van der Waals surface area contributed by atoms with Crippen LogP contribution in [0.2, 0.25) is 0 Å². The SMILES string of the molecule is Nc1ccc(-c2nnc(N3CCOCC3)o2)cn1. The van der Waals surface area contributed by atoms with Crippen LogP contribution in [-0.4, -0.2) is 41.5 Å². The van der Waals surface area contributed by atoms with Gasteiger partial charge in [-0.1, -0.05) is 5.10 Å². The maximum atomic E-state index is 5.62. The minimum Gasteiger partial charge on any atom is -0.403 e. The Morgan fingerprint density at radius 2 is 2.00 bits per heavy atom. The summed E-state index contributed by atoms with van der Waals surface area (Å²) in [6, 6.07) is 4.03. The van der Waals surface area contributed by atoms with E-state index in [1.807, 2.05) is 4.90 Å². The highest BCUT2D eigenvalue weighted by Crippen LogP contribution is 2.22. The number of hydrogen-bond acceptors (Lipinski definition) is 7. The molecule has 94 valence electrons. The average molecular weight is 247 g/mol. The molecule has 7 heteroatoms. The van der Waals surface area contributed by atoms with Crippen LogP contribution in [0.5, 0.6) is 0 Å². The van der Waals surface area contributed by atoms with Gasteiger partial charge in [0.2, 0.25) is 0 Å². The molecule has 0 atom stereocenters. The van der Waals surface area contributed by atoms with E-state index in [0.29, 0.717) is 30.9 Å². The van der Waals surface area contributed by atoms with Gasteiger partial charge in [-0.15, -0.1) is 5.10 Å². The van der Waals surface area contributed by atoms with Crippen molar-refractivity contribution in [3.05, 3.63) is 18.3 Å². The van der Waals surface area contributed by atoms with Crippen molar-refractivity contribution in [2.75, 3.05) is 36.9 Å². The number of aromatic nitrogens is 3. The quantitative estimate of drug-likeness (QED) is 0.828. The van der Waals surface area contributed by atoms with Gasteiger partial charge in [0.25, 0.3) is 5.89 Å². The lowest BCUT2D eigenvalue weighted by Gasteiger charge is -2.24. The van der Waals surface area contributed by atoms with Crippen molar-refractivity contribution in [3.8, 4) is 11.5 Å². The summed E-state index contributed by atoms with van der Waals surface area (Å²) in [4.78, 5) is 6.00. The van der Waals surface area contributed by atoms with E-state index in [2.05, 4.69) is 15.2 Å². The third-order valence-corrected chi connectivity index (χ3v) is 2.73. The summed E-state index contributed by atoms with van der Waals surface area (Å²) >= 11 is 0. The Kier molecular flexibility index (Phi) is 2.81. The van der Waals surface area contributed by atoms with E-state index in [9.17, 15) is 0 Å². The van der Waals surface area contributed by atoms with Crippen molar-refractivity contribution in [3.63, 3.8) is 0 Å². The number of hydrogen-bond donors (Lipinski definition) is 1. The van der Waals surface area contributed by atoms with Gasteiger partial charge in [-0.2, -0.15) is 0 Å². The van der Waals surface area contributed by atoms with Crippen LogP contribution in [-0.2, 0) is 4.74 Å². The molecule has 0 spiro atoms. The molecule has 0 unspecified atom stereocenters. The molecule has 2 aromatic heterocycles. The standard InChI is InChI=1S/C11H13N5O2/c12-9-2-1-8(7-13-9)10-14-15-11(18-10)16-3-5-17-6-4-16/h1-2,7H,3-6H2,(H2,12,13). The number of anilines is 2. The van der Waals surface area contributed by atoms with Crippen molar-refractivity contribution in [1.82, 2.24) is 15.2 Å². The fraction of sp³-hybridized carbons (Fsp3) is 0.364. The lowest BCUT2D eigenvalue weighted by molar-refractivity contribution is 0.120. The zero-order valence-electron chi connectivity index (χ0n) is 9.74. The van der Waals surface area contributed by atoms with Crippen molar-refractivity contribution in [2.24, 2.45) is 0 Å². The van der Waals surface area contributed by atoms with Gasteiger partial charge < -0.3 is 19.8 Å². The van der Waals surface area contributed by atoms with Crippen molar-refractivity contribution < 1.29 is 9.15 Å². The Morgan fingerprint density at radius 3 is 2.72 bits per heavy atom. The van der Waals surface area contributed by atoms with Crippen LogP contribution in [0.25, 0.3) is 11.5 Å². The van der Waals surface area contributed by atoms with Crippen LogP contribution in [0.3, 0.4) is 0 Å². The molecule has 7 nitrogen and oxygen atoms in total. The Labute approximate surface area is 104 Å². The molecule has 0 bridgehead atoms. The Hall–Kier alpha value is -2.15. The highest BCUT2D eigenvalue weighted by molar-refractivity contribution is 5.54. The van der Waals surface area contributed by atoms with Crippen molar-refractivity contribution in [1.29, 1.82) is 0 Å². The van der Waals surface area contributed by atoms with Gasteiger partial charge in [-0.25, -0.2) is 4.98 Å². The molecule has 1 aliphatic rings. The van der Waals surface area contributed by atoms with E-state index in [1.54, 1.807) is 18.3 Å². The summed E-state index contributed by atoms with van der Waals surface area (Å²) < 4.78 is 10.9. The minimum atomic E-state index is 0.448. The van der Waals surface area contributed by atoms with Crippen LogP contribution in [0.15, 0.2) is 22.7 Å². The lowest BCUT2D eigenvalue weighted by Crippen LogP contribution is -2.36. The Bertz CT molecular complexity index is 518.